The lowest BCUT2D eigenvalue weighted by Crippen LogP contribution is -2.30. The van der Waals surface area contributed by atoms with Crippen LogP contribution in [0.3, 0.4) is 0 Å². The molecule has 1 unspecified atom stereocenters. The molecule has 2 N–H and O–H groups in total. The van der Waals surface area contributed by atoms with Gasteiger partial charge in [0.25, 0.3) is 0 Å². The van der Waals surface area contributed by atoms with Gasteiger partial charge in [-0.3, -0.25) is 9.59 Å². The minimum absolute atomic E-state index is 0.0446. The number of benzene rings is 2. The van der Waals surface area contributed by atoms with Gasteiger partial charge in [-0.05, 0) is 17.7 Å². The molecule has 0 aromatic heterocycles. The molecule has 1 fully saturated rings. The first kappa shape index (κ1) is 17.1. The molecular formula is C17H16N2O5S. The average molecular weight is 360 g/mol. The Morgan fingerprint density at radius 2 is 1.80 bits per heavy atom. The van der Waals surface area contributed by atoms with E-state index < -0.39 is 15.9 Å². The number of anilines is 1. The standard InChI is InChI=1S/C17H16N2O5S/c1-24-15-9-12(25(18,22)23)7-8-14(15)19-16(20)10-13(17(19)21)11-5-3-2-4-6-11/h2-9,13H,10H2,1H3,(H2,18,22,23). The maximum absolute atomic E-state index is 12.8. The van der Waals surface area contributed by atoms with E-state index in [-0.39, 0.29) is 34.6 Å². The zero-order chi connectivity index (χ0) is 18.2. The Labute approximate surface area is 145 Å². The van der Waals surface area contributed by atoms with E-state index in [0.717, 1.165) is 10.5 Å². The summed E-state index contributed by atoms with van der Waals surface area (Å²) in [6, 6.07) is 12.8. The second kappa shape index (κ2) is 6.30. The molecule has 1 heterocycles. The fourth-order valence-electron chi connectivity index (χ4n) is 2.85. The van der Waals surface area contributed by atoms with E-state index in [1.165, 1.54) is 25.3 Å². The number of amides is 2. The first-order chi connectivity index (χ1) is 11.8. The van der Waals surface area contributed by atoms with Crippen LogP contribution in [0.15, 0.2) is 53.4 Å². The smallest absolute Gasteiger partial charge is 0.241 e. The number of nitrogens with zero attached hydrogens (tertiary/aromatic N) is 1. The van der Waals surface area contributed by atoms with Gasteiger partial charge < -0.3 is 4.74 Å². The van der Waals surface area contributed by atoms with E-state index in [9.17, 15) is 18.0 Å². The SMILES string of the molecule is COc1cc(S(N)(=O)=O)ccc1N1C(=O)CC(c2ccccc2)C1=O. The van der Waals surface area contributed by atoms with Crippen molar-refractivity contribution in [2.45, 2.75) is 17.2 Å². The van der Waals surface area contributed by atoms with E-state index in [2.05, 4.69) is 0 Å². The van der Waals surface area contributed by atoms with Gasteiger partial charge in [-0.1, -0.05) is 30.3 Å². The Morgan fingerprint density at radius 1 is 1.12 bits per heavy atom. The average Bonchev–Trinajstić information content (AvgIpc) is 2.88. The van der Waals surface area contributed by atoms with E-state index in [0.29, 0.717) is 0 Å². The van der Waals surface area contributed by atoms with Crippen LogP contribution in [0.25, 0.3) is 0 Å². The summed E-state index contributed by atoms with van der Waals surface area (Å²) in [6.45, 7) is 0. The van der Waals surface area contributed by atoms with E-state index in [1.54, 1.807) is 24.3 Å². The molecule has 2 amide bonds. The quantitative estimate of drug-likeness (QED) is 0.829. The van der Waals surface area contributed by atoms with Gasteiger partial charge in [0.15, 0.2) is 0 Å². The minimum Gasteiger partial charge on any atom is -0.495 e. The summed E-state index contributed by atoms with van der Waals surface area (Å²) in [6.07, 6.45) is 0.0446. The molecule has 0 saturated carbocycles. The molecule has 130 valence electrons. The molecule has 25 heavy (non-hydrogen) atoms. The number of rotatable bonds is 4. The van der Waals surface area contributed by atoms with Gasteiger partial charge >= 0.3 is 0 Å². The maximum Gasteiger partial charge on any atom is 0.241 e. The van der Waals surface area contributed by atoms with Gasteiger partial charge in [-0.15, -0.1) is 0 Å². The highest BCUT2D eigenvalue weighted by atomic mass is 32.2. The number of imide groups is 1. The number of nitrogens with two attached hydrogens (primary N) is 1. The molecule has 2 aromatic rings. The highest BCUT2D eigenvalue weighted by Gasteiger charge is 2.41. The molecule has 1 aliphatic rings. The summed E-state index contributed by atoms with van der Waals surface area (Å²) < 4.78 is 28.1. The molecule has 7 nitrogen and oxygen atoms in total. The summed E-state index contributed by atoms with van der Waals surface area (Å²) in [5.41, 5.74) is 0.951. The lowest BCUT2D eigenvalue weighted by atomic mass is 9.98. The Hall–Kier alpha value is -2.71. The number of hydrogen-bond donors (Lipinski definition) is 1. The second-order valence-electron chi connectivity index (χ2n) is 5.61. The van der Waals surface area contributed by atoms with Crippen LogP contribution in [-0.2, 0) is 19.6 Å². The predicted octanol–water partition coefficient (Wildman–Crippen LogP) is 1.39. The Bertz CT molecular complexity index is 941. The lowest BCUT2D eigenvalue weighted by molar-refractivity contribution is -0.121. The summed E-state index contributed by atoms with van der Waals surface area (Å²) >= 11 is 0. The summed E-state index contributed by atoms with van der Waals surface area (Å²) in [5.74, 6) is -1.24. The molecule has 0 bridgehead atoms. The molecule has 1 aliphatic heterocycles. The summed E-state index contributed by atoms with van der Waals surface area (Å²) in [7, 11) is -2.60. The van der Waals surface area contributed by atoms with Crippen LogP contribution in [0.1, 0.15) is 17.9 Å². The van der Waals surface area contributed by atoms with Crippen LogP contribution in [-0.4, -0.2) is 27.3 Å². The number of ether oxygens (including phenoxy) is 1. The molecule has 2 aromatic carbocycles. The monoisotopic (exact) mass is 360 g/mol. The van der Waals surface area contributed by atoms with E-state index >= 15 is 0 Å². The van der Waals surface area contributed by atoms with Crippen molar-refractivity contribution in [2.75, 3.05) is 12.0 Å². The van der Waals surface area contributed by atoms with E-state index in [1.807, 2.05) is 6.07 Å². The third kappa shape index (κ3) is 3.13. The predicted molar refractivity (Wildman–Crippen MR) is 90.7 cm³/mol. The molecule has 1 atom stereocenters. The minimum atomic E-state index is -3.92. The number of primary sulfonamides is 1. The molecule has 0 radical (unpaired) electrons. The highest BCUT2D eigenvalue weighted by Crippen LogP contribution is 2.38. The van der Waals surface area contributed by atoms with Gasteiger partial charge in [-0.2, -0.15) is 0 Å². The van der Waals surface area contributed by atoms with Crippen molar-refractivity contribution in [3.05, 3.63) is 54.1 Å². The normalized spacial score (nSPS) is 17.8. The Kier molecular flexibility index (Phi) is 4.32. The van der Waals surface area contributed by atoms with Crippen molar-refractivity contribution in [3.63, 3.8) is 0 Å². The lowest BCUT2D eigenvalue weighted by Gasteiger charge is -2.18. The highest BCUT2D eigenvalue weighted by molar-refractivity contribution is 7.89. The van der Waals surface area contributed by atoms with E-state index in [4.69, 9.17) is 9.88 Å². The van der Waals surface area contributed by atoms with Crippen LogP contribution in [0.5, 0.6) is 5.75 Å². The van der Waals surface area contributed by atoms with Gasteiger partial charge in [0.1, 0.15) is 5.75 Å². The van der Waals surface area contributed by atoms with Crippen LogP contribution in [0, 0.1) is 0 Å². The van der Waals surface area contributed by atoms with Crippen molar-refractivity contribution in [1.29, 1.82) is 0 Å². The largest absolute Gasteiger partial charge is 0.495 e. The maximum atomic E-state index is 12.8. The van der Waals surface area contributed by atoms with Crippen molar-refractivity contribution in [1.82, 2.24) is 0 Å². The van der Waals surface area contributed by atoms with Crippen LogP contribution >= 0.6 is 0 Å². The zero-order valence-corrected chi connectivity index (χ0v) is 14.2. The number of carbonyl (C=O) groups excluding carboxylic acids is 2. The van der Waals surface area contributed by atoms with Crippen molar-refractivity contribution in [2.24, 2.45) is 5.14 Å². The Morgan fingerprint density at radius 3 is 2.40 bits per heavy atom. The van der Waals surface area contributed by atoms with Gasteiger partial charge in [0.05, 0.1) is 23.6 Å². The summed E-state index contributed by atoms with van der Waals surface area (Å²) in [5, 5.41) is 5.11. The summed E-state index contributed by atoms with van der Waals surface area (Å²) in [4.78, 5) is 26.1. The Balaban J connectivity index is 2.02. The van der Waals surface area contributed by atoms with Crippen molar-refractivity contribution in [3.8, 4) is 5.75 Å². The fraction of sp³-hybridized carbons (Fsp3) is 0.176. The van der Waals surface area contributed by atoms with Crippen molar-refractivity contribution < 1.29 is 22.7 Å². The molecule has 0 aliphatic carbocycles. The number of carbonyl (C=O) groups is 2. The molecular weight excluding hydrogens is 344 g/mol. The first-order valence-electron chi connectivity index (χ1n) is 7.45. The molecule has 0 spiro atoms. The molecule has 3 rings (SSSR count). The number of methoxy groups -OCH3 is 1. The molecule has 8 heteroatoms. The number of hydrogen-bond acceptors (Lipinski definition) is 5. The molecule has 1 saturated heterocycles. The van der Waals surface area contributed by atoms with Gasteiger partial charge in [0, 0.05) is 12.5 Å². The third-order valence-corrected chi connectivity index (χ3v) is 4.98. The number of sulfonamides is 1. The van der Waals surface area contributed by atoms with Gasteiger partial charge in [-0.25, -0.2) is 18.5 Å². The van der Waals surface area contributed by atoms with Crippen molar-refractivity contribution >= 4 is 27.5 Å². The second-order valence-corrected chi connectivity index (χ2v) is 7.17. The van der Waals surface area contributed by atoms with Crippen LogP contribution in [0.4, 0.5) is 5.69 Å². The van der Waals surface area contributed by atoms with Gasteiger partial charge in [0.2, 0.25) is 21.8 Å². The topological polar surface area (TPSA) is 107 Å². The first-order valence-corrected chi connectivity index (χ1v) is 9.00. The van der Waals surface area contributed by atoms with Crippen LogP contribution in [0.2, 0.25) is 0 Å². The third-order valence-electron chi connectivity index (χ3n) is 4.07. The van der Waals surface area contributed by atoms with Crippen LogP contribution < -0.4 is 14.8 Å². The zero-order valence-electron chi connectivity index (χ0n) is 13.4. The fourth-order valence-corrected chi connectivity index (χ4v) is 3.38.